The highest BCUT2D eigenvalue weighted by Crippen LogP contribution is 2.18. The fourth-order valence-corrected chi connectivity index (χ4v) is 4.91. The third-order valence-electron chi connectivity index (χ3n) is 4.41. The lowest BCUT2D eigenvalue weighted by Crippen LogP contribution is -2.46. The molecule has 1 fully saturated rings. The van der Waals surface area contributed by atoms with Gasteiger partial charge in [-0.15, -0.1) is 6.58 Å². The Hall–Kier alpha value is -1.73. The van der Waals surface area contributed by atoms with E-state index < -0.39 is 9.84 Å². The van der Waals surface area contributed by atoms with Gasteiger partial charge in [0, 0.05) is 31.2 Å². The summed E-state index contributed by atoms with van der Waals surface area (Å²) in [6.07, 6.45) is 2.15. The minimum atomic E-state index is -3.05. The Kier molecular flexibility index (Phi) is 6.72. The molecule has 0 aliphatic carbocycles. The number of likely N-dealkylation sites (N-methyl/N-ethyl adjacent to an activating group) is 1. The summed E-state index contributed by atoms with van der Waals surface area (Å²) in [7, 11) is -3.05. The van der Waals surface area contributed by atoms with Crippen molar-refractivity contribution in [2.45, 2.75) is 25.9 Å². The minimum Gasteiger partial charge on any atom is -0.338 e. The highest BCUT2D eigenvalue weighted by molar-refractivity contribution is 7.91. The van der Waals surface area contributed by atoms with Crippen LogP contribution in [-0.4, -0.2) is 61.3 Å². The summed E-state index contributed by atoms with van der Waals surface area (Å²) in [5.41, 5.74) is 0.517. The number of nitrogens with zero attached hydrogens (tertiary/aromatic N) is 2. The first-order valence-corrected chi connectivity index (χ1v) is 10.2. The Labute approximate surface area is 149 Å². The van der Waals surface area contributed by atoms with Crippen LogP contribution in [0.25, 0.3) is 0 Å². The fraction of sp³-hybridized carbons (Fsp3) is 0.500. The Morgan fingerprint density at radius 3 is 2.68 bits per heavy atom. The molecule has 0 aromatic heterocycles. The van der Waals surface area contributed by atoms with Gasteiger partial charge in [-0.2, -0.15) is 0 Å². The summed E-state index contributed by atoms with van der Waals surface area (Å²) in [6, 6.07) is 6.21. The monoisotopic (exact) mass is 368 g/mol. The van der Waals surface area contributed by atoms with Crippen LogP contribution in [0.1, 0.15) is 18.9 Å². The second-order valence-electron chi connectivity index (χ2n) is 6.29. The van der Waals surface area contributed by atoms with Crippen LogP contribution in [0, 0.1) is 5.82 Å². The van der Waals surface area contributed by atoms with Crippen LogP contribution >= 0.6 is 0 Å². The van der Waals surface area contributed by atoms with Gasteiger partial charge in [0.25, 0.3) is 0 Å². The molecule has 0 bridgehead atoms. The van der Waals surface area contributed by atoms with Crippen LogP contribution < -0.4 is 0 Å². The van der Waals surface area contributed by atoms with E-state index in [0.29, 0.717) is 31.6 Å². The number of carbonyl (C=O) groups is 1. The number of benzene rings is 1. The third kappa shape index (κ3) is 5.37. The lowest BCUT2D eigenvalue weighted by molar-refractivity contribution is -0.134. The molecule has 1 atom stereocenters. The Balaban J connectivity index is 2.05. The molecular weight excluding hydrogens is 343 g/mol. The van der Waals surface area contributed by atoms with Crippen LogP contribution in [0.5, 0.6) is 0 Å². The SMILES string of the molecule is C=CCN(CC(=O)N(CC)C1CCS(=O)(=O)C1)Cc1ccccc1F. The van der Waals surface area contributed by atoms with E-state index in [1.54, 1.807) is 34.1 Å². The van der Waals surface area contributed by atoms with Gasteiger partial charge in [-0.25, -0.2) is 12.8 Å². The first-order valence-electron chi connectivity index (χ1n) is 8.43. The standard InChI is InChI=1S/C18H25FN2O3S/c1-3-10-20(12-15-7-5-6-8-17(15)19)13-18(22)21(4-2)16-9-11-25(23,24)14-16/h3,5-8,16H,1,4,9-14H2,2H3. The van der Waals surface area contributed by atoms with Crippen LogP contribution in [-0.2, 0) is 21.2 Å². The molecule has 1 saturated heterocycles. The van der Waals surface area contributed by atoms with Gasteiger partial charge in [-0.3, -0.25) is 9.69 Å². The highest BCUT2D eigenvalue weighted by Gasteiger charge is 2.34. The van der Waals surface area contributed by atoms with Crippen molar-refractivity contribution >= 4 is 15.7 Å². The molecule has 1 aromatic rings. The maximum atomic E-state index is 13.9. The average molecular weight is 368 g/mol. The summed E-state index contributed by atoms with van der Waals surface area (Å²) in [5.74, 6) is -0.282. The maximum Gasteiger partial charge on any atom is 0.237 e. The van der Waals surface area contributed by atoms with E-state index in [0.717, 1.165) is 0 Å². The normalized spacial score (nSPS) is 19.1. The predicted octanol–water partition coefficient (Wildman–Crippen LogP) is 1.85. The number of hydrogen-bond donors (Lipinski definition) is 0. The largest absolute Gasteiger partial charge is 0.338 e. The van der Waals surface area contributed by atoms with Gasteiger partial charge in [-0.1, -0.05) is 24.3 Å². The molecule has 1 heterocycles. The molecule has 138 valence electrons. The first-order chi connectivity index (χ1) is 11.9. The zero-order chi connectivity index (χ0) is 18.4. The van der Waals surface area contributed by atoms with Gasteiger partial charge < -0.3 is 4.90 Å². The number of sulfone groups is 1. The number of rotatable bonds is 8. The molecule has 7 heteroatoms. The highest BCUT2D eigenvalue weighted by atomic mass is 32.2. The molecule has 2 rings (SSSR count). The lowest BCUT2D eigenvalue weighted by atomic mass is 10.2. The smallest absolute Gasteiger partial charge is 0.237 e. The van der Waals surface area contributed by atoms with Gasteiger partial charge in [0.15, 0.2) is 9.84 Å². The minimum absolute atomic E-state index is 0.0291. The van der Waals surface area contributed by atoms with Gasteiger partial charge in [-0.05, 0) is 19.4 Å². The molecular formula is C18H25FN2O3S. The second kappa shape index (κ2) is 8.58. The van der Waals surface area contributed by atoms with E-state index in [9.17, 15) is 17.6 Å². The van der Waals surface area contributed by atoms with Crippen molar-refractivity contribution in [3.05, 3.63) is 48.3 Å². The Morgan fingerprint density at radius 1 is 1.40 bits per heavy atom. The number of hydrogen-bond acceptors (Lipinski definition) is 4. The summed E-state index contributed by atoms with van der Waals surface area (Å²) >= 11 is 0. The Bertz CT molecular complexity index is 721. The molecule has 0 radical (unpaired) electrons. The van der Waals surface area contributed by atoms with Crippen LogP contribution in [0.4, 0.5) is 4.39 Å². The van der Waals surface area contributed by atoms with E-state index in [1.807, 2.05) is 6.92 Å². The molecule has 0 saturated carbocycles. The molecule has 1 aromatic carbocycles. The molecule has 25 heavy (non-hydrogen) atoms. The molecule has 1 unspecified atom stereocenters. The van der Waals surface area contributed by atoms with E-state index >= 15 is 0 Å². The topological polar surface area (TPSA) is 57.7 Å². The molecule has 1 aliphatic rings. The summed E-state index contributed by atoms with van der Waals surface area (Å²) < 4.78 is 37.2. The molecule has 1 amide bonds. The number of amides is 1. The van der Waals surface area contributed by atoms with Crippen LogP contribution in [0.2, 0.25) is 0 Å². The quantitative estimate of drug-likeness (QED) is 0.657. The number of halogens is 1. The van der Waals surface area contributed by atoms with Gasteiger partial charge in [0.1, 0.15) is 5.82 Å². The predicted molar refractivity (Wildman–Crippen MR) is 96.3 cm³/mol. The van der Waals surface area contributed by atoms with Crippen LogP contribution in [0.3, 0.4) is 0 Å². The van der Waals surface area contributed by atoms with Gasteiger partial charge >= 0.3 is 0 Å². The van der Waals surface area contributed by atoms with Crippen molar-refractivity contribution in [1.82, 2.24) is 9.80 Å². The Morgan fingerprint density at radius 2 is 2.12 bits per heavy atom. The fourth-order valence-electron chi connectivity index (χ4n) is 3.18. The summed E-state index contributed by atoms with van der Waals surface area (Å²) in [4.78, 5) is 16.1. The first kappa shape index (κ1) is 19.6. The maximum absolute atomic E-state index is 13.9. The molecule has 1 aliphatic heterocycles. The van der Waals surface area contributed by atoms with Crippen molar-refractivity contribution in [2.24, 2.45) is 0 Å². The lowest BCUT2D eigenvalue weighted by Gasteiger charge is -2.30. The van der Waals surface area contributed by atoms with E-state index in [1.165, 1.54) is 6.07 Å². The van der Waals surface area contributed by atoms with E-state index in [4.69, 9.17) is 0 Å². The van der Waals surface area contributed by atoms with Crippen LogP contribution in [0.15, 0.2) is 36.9 Å². The van der Waals surface area contributed by atoms with Crippen molar-refractivity contribution in [2.75, 3.05) is 31.1 Å². The molecule has 0 spiro atoms. The zero-order valence-electron chi connectivity index (χ0n) is 14.5. The third-order valence-corrected chi connectivity index (χ3v) is 6.16. The number of carbonyl (C=O) groups excluding carboxylic acids is 1. The summed E-state index contributed by atoms with van der Waals surface area (Å²) in [5, 5.41) is 0. The van der Waals surface area contributed by atoms with Gasteiger partial charge in [0.2, 0.25) is 5.91 Å². The van der Waals surface area contributed by atoms with E-state index in [-0.39, 0.29) is 35.8 Å². The molecule has 5 nitrogen and oxygen atoms in total. The van der Waals surface area contributed by atoms with Gasteiger partial charge in [0.05, 0.1) is 18.1 Å². The summed E-state index contributed by atoms with van der Waals surface area (Å²) in [6.45, 7) is 6.84. The average Bonchev–Trinajstić information content (AvgIpc) is 2.90. The van der Waals surface area contributed by atoms with Crippen molar-refractivity contribution in [1.29, 1.82) is 0 Å². The second-order valence-corrected chi connectivity index (χ2v) is 8.52. The molecule has 0 N–H and O–H groups in total. The zero-order valence-corrected chi connectivity index (χ0v) is 15.3. The van der Waals surface area contributed by atoms with E-state index in [2.05, 4.69) is 6.58 Å². The van der Waals surface area contributed by atoms with Crippen molar-refractivity contribution in [3.63, 3.8) is 0 Å². The van der Waals surface area contributed by atoms with Crippen molar-refractivity contribution in [3.8, 4) is 0 Å². The van der Waals surface area contributed by atoms with Crippen molar-refractivity contribution < 1.29 is 17.6 Å².